The lowest BCUT2D eigenvalue weighted by atomic mass is 10.4. The molecule has 0 saturated heterocycles. The SMILES string of the molecule is Cc1oc(CO)cc1S(=O)(=O)Nc1cn[nH]c1. The summed E-state index contributed by atoms with van der Waals surface area (Å²) in [4.78, 5) is 0.00255. The highest BCUT2D eigenvalue weighted by molar-refractivity contribution is 7.92. The summed E-state index contributed by atoms with van der Waals surface area (Å²) < 4.78 is 31.3. The highest BCUT2D eigenvalue weighted by Gasteiger charge is 2.21. The normalized spacial score (nSPS) is 11.6. The molecule has 0 bridgehead atoms. The van der Waals surface area contributed by atoms with E-state index in [0.29, 0.717) is 5.69 Å². The van der Waals surface area contributed by atoms with Crippen LogP contribution in [-0.4, -0.2) is 23.7 Å². The number of hydrogen-bond donors (Lipinski definition) is 3. The van der Waals surface area contributed by atoms with Crippen molar-refractivity contribution in [2.75, 3.05) is 4.72 Å². The predicted molar refractivity (Wildman–Crippen MR) is 58.8 cm³/mol. The quantitative estimate of drug-likeness (QED) is 0.743. The van der Waals surface area contributed by atoms with Gasteiger partial charge < -0.3 is 9.52 Å². The largest absolute Gasteiger partial charge is 0.462 e. The van der Waals surface area contributed by atoms with Crippen molar-refractivity contribution in [1.82, 2.24) is 10.2 Å². The molecule has 0 fully saturated rings. The number of aromatic nitrogens is 2. The molecule has 0 spiro atoms. The van der Waals surface area contributed by atoms with Gasteiger partial charge in [-0.25, -0.2) is 8.42 Å². The third kappa shape index (κ3) is 2.32. The first-order chi connectivity index (χ1) is 8.03. The van der Waals surface area contributed by atoms with Gasteiger partial charge in [0.15, 0.2) is 0 Å². The number of aromatic amines is 1. The van der Waals surface area contributed by atoms with Crippen LogP contribution in [0.5, 0.6) is 0 Å². The number of anilines is 1. The Bertz CT molecular complexity index is 600. The molecule has 0 aliphatic rings. The third-order valence-corrected chi connectivity index (χ3v) is 3.61. The van der Waals surface area contributed by atoms with E-state index in [2.05, 4.69) is 14.9 Å². The fraction of sp³-hybridized carbons (Fsp3) is 0.222. The van der Waals surface area contributed by atoms with E-state index in [1.165, 1.54) is 25.4 Å². The van der Waals surface area contributed by atoms with E-state index >= 15 is 0 Å². The first kappa shape index (κ1) is 11.7. The van der Waals surface area contributed by atoms with Gasteiger partial charge in [0.1, 0.15) is 23.0 Å². The summed E-state index contributed by atoms with van der Waals surface area (Å²) >= 11 is 0. The molecule has 0 aliphatic carbocycles. The molecule has 0 saturated carbocycles. The maximum absolute atomic E-state index is 12.0. The van der Waals surface area contributed by atoms with Crippen LogP contribution < -0.4 is 4.72 Å². The van der Waals surface area contributed by atoms with E-state index in [9.17, 15) is 8.42 Å². The van der Waals surface area contributed by atoms with Crippen molar-refractivity contribution in [2.45, 2.75) is 18.4 Å². The zero-order chi connectivity index (χ0) is 12.5. The number of aliphatic hydroxyl groups excluding tert-OH is 1. The number of furan rings is 1. The molecule has 0 amide bonds. The highest BCUT2D eigenvalue weighted by Crippen LogP contribution is 2.22. The zero-order valence-electron chi connectivity index (χ0n) is 8.97. The second-order valence-electron chi connectivity index (χ2n) is 3.38. The summed E-state index contributed by atoms with van der Waals surface area (Å²) in [5.74, 6) is 0.431. The molecule has 0 unspecified atom stereocenters. The van der Waals surface area contributed by atoms with Gasteiger partial charge in [-0.2, -0.15) is 5.10 Å². The average Bonchev–Trinajstić information content (AvgIpc) is 2.86. The molecule has 2 rings (SSSR count). The second-order valence-corrected chi connectivity index (χ2v) is 5.03. The Balaban J connectivity index is 2.34. The van der Waals surface area contributed by atoms with E-state index in [-0.39, 0.29) is 23.0 Å². The number of sulfonamides is 1. The number of nitrogens with one attached hydrogen (secondary N) is 2. The molecule has 0 radical (unpaired) electrons. The van der Waals surface area contributed by atoms with E-state index < -0.39 is 10.0 Å². The minimum atomic E-state index is -3.72. The van der Waals surface area contributed by atoms with Crippen LogP contribution >= 0.6 is 0 Å². The van der Waals surface area contributed by atoms with Gasteiger partial charge in [-0.1, -0.05) is 0 Å². The summed E-state index contributed by atoms with van der Waals surface area (Å²) in [6, 6.07) is 1.29. The van der Waals surface area contributed by atoms with Gasteiger partial charge in [-0.05, 0) is 6.92 Å². The highest BCUT2D eigenvalue weighted by atomic mass is 32.2. The fourth-order valence-electron chi connectivity index (χ4n) is 1.39. The minimum Gasteiger partial charge on any atom is -0.462 e. The van der Waals surface area contributed by atoms with Crippen LogP contribution in [0.2, 0.25) is 0 Å². The first-order valence-corrected chi connectivity index (χ1v) is 6.23. The van der Waals surface area contributed by atoms with Gasteiger partial charge in [0, 0.05) is 12.3 Å². The van der Waals surface area contributed by atoms with Crippen molar-refractivity contribution in [1.29, 1.82) is 0 Å². The summed E-state index contributed by atoms with van der Waals surface area (Å²) in [5, 5.41) is 15.0. The van der Waals surface area contributed by atoms with Crippen LogP contribution in [0, 0.1) is 6.92 Å². The summed E-state index contributed by atoms with van der Waals surface area (Å²) in [7, 11) is -3.72. The van der Waals surface area contributed by atoms with Gasteiger partial charge in [-0.3, -0.25) is 9.82 Å². The zero-order valence-corrected chi connectivity index (χ0v) is 9.78. The molecule has 0 aromatic carbocycles. The first-order valence-electron chi connectivity index (χ1n) is 4.74. The van der Waals surface area contributed by atoms with Crippen LogP contribution in [0.15, 0.2) is 27.8 Å². The third-order valence-electron chi connectivity index (χ3n) is 2.12. The molecular formula is C9H11N3O4S. The van der Waals surface area contributed by atoms with Crippen molar-refractivity contribution in [3.05, 3.63) is 30.0 Å². The lowest BCUT2D eigenvalue weighted by molar-refractivity contribution is 0.245. The molecule has 17 heavy (non-hydrogen) atoms. The molecule has 92 valence electrons. The smallest absolute Gasteiger partial charge is 0.265 e. The summed E-state index contributed by atoms with van der Waals surface area (Å²) in [5.41, 5.74) is 0.330. The van der Waals surface area contributed by atoms with Crippen molar-refractivity contribution in [3.63, 3.8) is 0 Å². The van der Waals surface area contributed by atoms with Gasteiger partial charge in [0.05, 0.1) is 11.9 Å². The Morgan fingerprint density at radius 1 is 1.59 bits per heavy atom. The standard InChI is InChI=1S/C9H11N3O4S/c1-6-9(2-8(5-13)16-6)17(14,15)12-7-3-10-11-4-7/h2-4,12-13H,5H2,1H3,(H,10,11). The second kappa shape index (κ2) is 4.22. The minimum absolute atomic E-state index is 0.00255. The van der Waals surface area contributed by atoms with Gasteiger partial charge in [0.25, 0.3) is 10.0 Å². The Morgan fingerprint density at radius 2 is 2.35 bits per heavy atom. The molecule has 2 aromatic rings. The molecule has 7 nitrogen and oxygen atoms in total. The Morgan fingerprint density at radius 3 is 2.88 bits per heavy atom. The Kier molecular flexibility index (Phi) is 2.90. The number of aryl methyl sites for hydroxylation is 1. The van der Waals surface area contributed by atoms with E-state index in [0.717, 1.165) is 0 Å². The molecule has 8 heteroatoms. The molecular weight excluding hydrogens is 246 g/mol. The van der Waals surface area contributed by atoms with Crippen molar-refractivity contribution >= 4 is 15.7 Å². The van der Waals surface area contributed by atoms with E-state index in [1.807, 2.05) is 0 Å². The van der Waals surface area contributed by atoms with Crippen LogP contribution in [0.3, 0.4) is 0 Å². The lowest BCUT2D eigenvalue weighted by Gasteiger charge is -2.03. The summed E-state index contributed by atoms with van der Waals surface area (Å²) in [6.45, 7) is 1.17. The van der Waals surface area contributed by atoms with E-state index in [4.69, 9.17) is 9.52 Å². The summed E-state index contributed by atoms with van der Waals surface area (Å²) in [6.07, 6.45) is 2.76. The van der Waals surface area contributed by atoms with Crippen LogP contribution in [0.1, 0.15) is 11.5 Å². The van der Waals surface area contributed by atoms with Crippen LogP contribution in [0.25, 0.3) is 0 Å². The number of rotatable bonds is 4. The topological polar surface area (TPSA) is 108 Å². The predicted octanol–water partition coefficient (Wildman–Crippen LogP) is 0.604. The van der Waals surface area contributed by atoms with Crippen molar-refractivity contribution in [3.8, 4) is 0 Å². The van der Waals surface area contributed by atoms with Crippen molar-refractivity contribution < 1.29 is 17.9 Å². The molecule has 2 aromatic heterocycles. The van der Waals surface area contributed by atoms with Gasteiger partial charge in [-0.15, -0.1) is 0 Å². The number of aliphatic hydroxyl groups is 1. The van der Waals surface area contributed by atoms with Crippen LogP contribution in [-0.2, 0) is 16.6 Å². The Hall–Kier alpha value is -1.80. The van der Waals surface area contributed by atoms with Crippen LogP contribution in [0.4, 0.5) is 5.69 Å². The molecule has 0 aliphatic heterocycles. The van der Waals surface area contributed by atoms with Gasteiger partial charge >= 0.3 is 0 Å². The van der Waals surface area contributed by atoms with Gasteiger partial charge in [0.2, 0.25) is 0 Å². The molecule has 0 atom stereocenters. The lowest BCUT2D eigenvalue weighted by Crippen LogP contribution is -2.12. The van der Waals surface area contributed by atoms with E-state index in [1.54, 1.807) is 0 Å². The van der Waals surface area contributed by atoms with Crippen molar-refractivity contribution in [2.24, 2.45) is 0 Å². The average molecular weight is 257 g/mol. The maximum Gasteiger partial charge on any atom is 0.265 e. The number of H-pyrrole nitrogens is 1. The Labute approximate surface area is 97.5 Å². The molecule has 3 N–H and O–H groups in total. The number of nitrogens with zero attached hydrogens (tertiary/aromatic N) is 1. The number of hydrogen-bond acceptors (Lipinski definition) is 5. The monoisotopic (exact) mass is 257 g/mol. The molecule has 2 heterocycles. The maximum atomic E-state index is 12.0. The fourth-order valence-corrected chi connectivity index (χ4v) is 2.62.